The van der Waals surface area contributed by atoms with Crippen LogP contribution >= 0.6 is 0 Å². The first-order valence-electron chi connectivity index (χ1n) is 5.48. The van der Waals surface area contributed by atoms with Gasteiger partial charge in [0.25, 0.3) is 0 Å². The summed E-state index contributed by atoms with van der Waals surface area (Å²) in [5.41, 5.74) is 0. The average Bonchev–Trinajstić information content (AvgIpc) is 2.30. The molecular weight excluding hydrogens is 158 g/mol. The van der Waals surface area contributed by atoms with E-state index in [9.17, 15) is 0 Å². The average molecular weight is 183 g/mol. The molecule has 2 fully saturated rings. The van der Waals surface area contributed by atoms with E-state index in [1.165, 1.54) is 32.4 Å². The molecule has 1 unspecified atom stereocenters. The van der Waals surface area contributed by atoms with Gasteiger partial charge in [0.15, 0.2) is 0 Å². The number of fused-ring (bicyclic) bond motifs is 2. The van der Waals surface area contributed by atoms with Crippen molar-refractivity contribution in [3.63, 3.8) is 0 Å². The van der Waals surface area contributed by atoms with Crippen LogP contribution in [0.2, 0.25) is 0 Å². The van der Waals surface area contributed by atoms with Crippen molar-refractivity contribution in [1.82, 2.24) is 5.32 Å². The van der Waals surface area contributed by atoms with Gasteiger partial charge in [-0.3, -0.25) is 0 Å². The van der Waals surface area contributed by atoms with Crippen LogP contribution in [0.5, 0.6) is 0 Å². The van der Waals surface area contributed by atoms with Gasteiger partial charge >= 0.3 is 0 Å². The second kappa shape index (κ2) is 4.45. The molecule has 2 rings (SSSR count). The fraction of sp³-hybridized carbons (Fsp3) is 1.00. The van der Waals surface area contributed by atoms with Crippen LogP contribution in [0.15, 0.2) is 0 Å². The van der Waals surface area contributed by atoms with Crippen LogP contribution in [0.4, 0.5) is 0 Å². The highest BCUT2D eigenvalue weighted by molar-refractivity contribution is 4.91. The lowest BCUT2D eigenvalue weighted by Gasteiger charge is -2.31. The van der Waals surface area contributed by atoms with Crippen LogP contribution in [0.25, 0.3) is 0 Å². The number of hydrogen-bond acceptors (Lipinski definition) is 1. The van der Waals surface area contributed by atoms with Gasteiger partial charge in [-0.25, -0.2) is 0 Å². The lowest BCUT2D eigenvalue weighted by Crippen LogP contribution is -2.38. The monoisotopic (exact) mass is 183 g/mol. The second-order valence-electron chi connectivity index (χ2n) is 5.05. The first-order chi connectivity index (χ1) is 5.77. The Morgan fingerprint density at radius 3 is 2.15 bits per heavy atom. The third-order valence-electron chi connectivity index (χ3n) is 3.68. The summed E-state index contributed by atoms with van der Waals surface area (Å²) in [6, 6.07) is 0. The summed E-state index contributed by atoms with van der Waals surface area (Å²) in [7, 11) is 0. The summed E-state index contributed by atoms with van der Waals surface area (Å²) in [6.45, 7) is 7.32. The fourth-order valence-corrected chi connectivity index (χ4v) is 3.13. The van der Waals surface area contributed by atoms with Crippen LogP contribution in [0, 0.1) is 23.7 Å². The van der Waals surface area contributed by atoms with E-state index in [2.05, 4.69) is 19.2 Å². The molecule has 0 aromatic carbocycles. The Balaban J connectivity index is 0.000000845. The Labute approximate surface area is 83.3 Å². The summed E-state index contributed by atoms with van der Waals surface area (Å²) in [5.74, 6) is 4.00. The van der Waals surface area contributed by atoms with Crippen molar-refractivity contribution in [2.24, 2.45) is 23.7 Å². The molecule has 2 bridgehead atoms. The molecule has 0 amide bonds. The van der Waals surface area contributed by atoms with Crippen molar-refractivity contribution >= 4 is 0 Å². The van der Waals surface area contributed by atoms with Gasteiger partial charge in [0.05, 0.1) is 0 Å². The van der Waals surface area contributed by atoms with Crippen molar-refractivity contribution < 1.29 is 0 Å². The Kier molecular flexibility index (Phi) is 3.78. The minimum Gasteiger partial charge on any atom is -0.316 e. The predicted molar refractivity (Wildman–Crippen MR) is 58.8 cm³/mol. The van der Waals surface area contributed by atoms with Gasteiger partial charge in [0, 0.05) is 0 Å². The fourth-order valence-electron chi connectivity index (χ4n) is 3.13. The molecule has 13 heavy (non-hydrogen) atoms. The number of rotatable bonds is 2. The van der Waals surface area contributed by atoms with Gasteiger partial charge in [0.2, 0.25) is 0 Å². The predicted octanol–water partition coefficient (Wildman–Crippen LogP) is 2.91. The van der Waals surface area contributed by atoms with Crippen molar-refractivity contribution in [2.75, 3.05) is 13.1 Å². The molecule has 78 valence electrons. The zero-order valence-electron chi connectivity index (χ0n) is 8.34. The largest absolute Gasteiger partial charge is 0.316 e. The van der Waals surface area contributed by atoms with Crippen molar-refractivity contribution in [3.8, 4) is 0 Å². The van der Waals surface area contributed by atoms with E-state index >= 15 is 0 Å². The van der Waals surface area contributed by atoms with E-state index in [0.717, 1.165) is 23.7 Å². The SMILES string of the molecule is C.CC(C)CC1[C@@H]2CC[C@H]1CNC2. The topological polar surface area (TPSA) is 12.0 Å². The van der Waals surface area contributed by atoms with Gasteiger partial charge in [0.1, 0.15) is 0 Å². The first-order valence-corrected chi connectivity index (χ1v) is 5.48. The molecule has 1 aliphatic carbocycles. The third kappa shape index (κ3) is 2.25. The minimum atomic E-state index is 0. The van der Waals surface area contributed by atoms with E-state index < -0.39 is 0 Å². The highest BCUT2D eigenvalue weighted by atomic mass is 14.9. The Morgan fingerprint density at radius 1 is 1.15 bits per heavy atom. The van der Waals surface area contributed by atoms with Crippen molar-refractivity contribution in [2.45, 2.75) is 40.5 Å². The van der Waals surface area contributed by atoms with Crippen LogP contribution < -0.4 is 5.32 Å². The summed E-state index contributed by atoms with van der Waals surface area (Å²) in [6.07, 6.45) is 4.46. The molecule has 3 atom stereocenters. The summed E-state index contributed by atoms with van der Waals surface area (Å²) < 4.78 is 0. The molecule has 1 heterocycles. The van der Waals surface area contributed by atoms with Crippen molar-refractivity contribution in [3.05, 3.63) is 0 Å². The van der Waals surface area contributed by atoms with Crippen molar-refractivity contribution in [1.29, 1.82) is 0 Å². The smallest absolute Gasteiger partial charge is 0.00176 e. The van der Waals surface area contributed by atoms with Gasteiger partial charge in [-0.2, -0.15) is 0 Å². The Bertz CT molecular complexity index is 137. The number of hydrogen-bond donors (Lipinski definition) is 1. The molecule has 0 spiro atoms. The maximum Gasteiger partial charge on any atom is -0.00176 e. The molecule has 0 radical (unpaired) electrons. The molecule has 2 aliphatic rings. The molecule has 1 nitrogen and oxygen atoms in total. The maximum atomic E-state index is 3.55. The summed E-state index contributed by atoms with van der Waals surface area (Å²) in [4.78, 5) is 0. The third-order valence-corrected chi connectivity index (χ3v) is 3.68. The van der Waals surface area contributed by atoms with Gasteiger partial charge in [-0.1, -0.05) is 21.3 Å². The first kappa shape index (κ1) is 11.0. The lowest BCUT2D eigenvalue weighted by atomic mass is 9.80. The molecule has 1 aliphatic heterocycles. The van der Waals surface area contributed by atoms with Crippen LogP contribution in [-0.2, 0) is 0 Å². The Morgan fingerprint density at radius 2 is 1.69 bits per heavy atom. The summed E-state index contributed by atoms with van der Waals surface area (Å²) >= 11 is 0. The van der Waals surface area contributed by atoms with E-state index in [1.54, 1.807) is 0 Å². The normalized spacial score (nSPS) is 37.6. The van der Waals surface area contributed by atoms with Crippen LogP contribution in [0.3, 0.4) is 0 Å². The molecule has 1 saturated heterocycles. The molecule has 0 aromatic heterocycles. The van der Waals surface area contributed by atoms with E-state index in [4.69, 9.17) is 0 Å². The standard InChI is InChI=1S/C11H21N.CH4/c1-8(2)5-11-9-3-4-10(11)7-12-6-9;/h8-12H,3-7H2,1-2H3;1H4/t9-,10+,11?;. The lowest BCUT2D eigenvalue weighted by molar-refractivity contribution is 0.210. The minimum absolute atomic E-state index is 0. The highest BCUT2D eigenvalue weighted by Gasteiger charge is 2.38. The highest BCUT2D eigenvalue weighted by Crippen LogP contribution is 2.42. The van der Waals surface area contributed by atoms with E-state index in [1.807, 2.05) is 0 Å². The Hall–Kier alpha value is -0.0400. The van der Waals surface area contributed by atoms with Gasteiger partial charge in [-0.15, -0.1) is 0 Å². The molecule has 0 aromatic rings. The quantitative estimate of drug-likeness (QED) is 0.694. The van der Waals surface area contributed by atoms with Gasteiger partial charge < -0.3 is 5.32 Å². The molecular formula is C12H25N. The number of nitrogens with one attached hydrogen (secondary N) is 1. The maximum absolute atomic E-state index is 3.55. The zero-order chi connectivity index (χ0) is 8.55. The molecule has 1 N–H and O–H groups in total. The molecule has 1 saturated carbocycles. The van der Waals surface area contributed by atoms with Crippen LogP contribution in [-0.4, -0.2) is 13.1 Å². The zero-order valence-corrected chi connectivity index (χ0v) is 8.34. The second-order valence-corrected chi connectivity index (χ2v) is 5.05. The van der Waals surface area contributed by atoms with E-state index in [-0.39, 0.29) is 7.43 Å². The van der Waals surface area contributed by atoms with Gasteiger partial charge in [-0.05, 0) is 56.0 Å². The summed E-state index contributed by atoms with van der Waals surface area (Å²) in [5, 5.41) is 3.55. The van der Waals surface area contributed by atoms with E-state index in [0.29, 0.717) is 0 Å². The molecule has 1 heteroatoms. The van der Waals surface area contributed by atoms with Crippen LogP contribution in [0.1, 0.15) is 40.5 Å². The number of piperidine rings is 1.